The first-order valence-corrected chi connectivity index (χ1v) is 12.2. The minimum absolute atomic E-state index is 0.0402. The second-order valence-corrected chi connectivity index (χ2v) is 9.38. The number of unbranched alkanes of at least 4 members (excludes halogenated alkanes) is 1. The minimum atomic E-state index is -0.867. The fourth-order valence-corrected chi connectivity index (χ4v) is 4.63. The molecule has 2 heterocycles. The number of oxime groups is 1. The van der Waals surface area contributed by atoms with Crippen LogP contribution in [0.3, 0.4) is 0 Å². The van der Waals surface area contributed by atoms with Crippen molar-refractivity contribution in [2.75, 3.05) is 0 Å². The number of aliphatic carboxylic acids is 1. The summed E-state index contributed by atoms with van der Waals surface area (Å²) >= 11 is 0. The highest BCUT2D eigenvalue weighted by atomic mass is 19.1. The average molecular weight is 500 g/mol. The van der Waals surface area contributed by atoms with Crippen LogP contribution in [0.5, 0.6) is 0 Å². The van der Waals surface area contributed by atoms with Gasteiger partial charge in [0.25, 0.3) is 5.56 Å². The summed E-state index contributed by atoms with van der Waals surface area (Å²) in [7, 11) is 0. The molecule has 4 aromatic rings. The van der Waals surface area contributed by atoms with Gasteiger partial charge < -0.3 is 9.94 Å². The van der Waals surface area contributed by atoms with E-state index < -0.39 is 17.4 Å². The van der Waals surface area contributed by atoms with E-state index in [2.05, 4.69) is 5.16 Å². The zero-order valence-electron chi connectivity index (χ0n) is 20.4. The summed E-state index contributed by atoms with van der Waals surface area (Å²) in [5, 5.41) is 13.7. The summed E-state index contributed by atoms with van der Waals surface area (Å²) in [6.07, 6.45) is 2.01. The van der Waals surface area contributed by atoms with Gasteiger partial charge in [-0.3, -0.25) is 14.2 Å². The van der Waals surface area contributed by atoms with Crippen LogP contribution in [0.1, 0.15) is 49.6 Å². The van der Waals surface area contributed by atoms with Gasteiger partial charge in [-0.15, -0.1) is 0 Å². The van der Waals surface area contributed by atoms with E-state index in [0.717, 1.165) is 16.8 Å². The largest absolute Gasteiger partial charge is 0.481 e. The SMILES string of the molecule is C[C@@]1(c2ccccc2)CC(c2ccc3c(=O)n(-c4ccc(F)cc4)c(CCCCC(=O)O)nc3c2)=NO1. The van der Waals surface area contributed by atoms with Crippen LogP contribution in [-0.4, -0.2) is 26.3 Å². The number of benzene rings is 3. The van der Waals surface area contributed by atoms with Crippen LogP contribution in [0.4, 0.5) is 4.39 Å². The number of halogens is 1. The molecule has 0 spiro atoms. The van der Waals surface area contributed by atoms with E-state index in [9.17, 15) is 14.0 Å². The van der Waals surface area contributed by atoms with Gasteiger partial charge in [0, 0.05) is 24.8 Å². The fraction of sp³-hybridized carbons (Fsp3) is 0.241. The number of nitrogens with zero attached hydrogens (tertiary/aromatic N) is 3. The highest BCUT2D eigenvalue weighted by molar-refractivity contribution is 6.04. The fourth-order valence-electron chi connectivity index (χ4n) is 4.63. The monoisotopic (exact) mass is 499 g/mol. The average Bonchev–Trinajstić information content (AvgIpc) is 3.31. The molecule has 0 radical (unpaired) electrons. The maximum absolute atomic E-state index is 13.6. The van der Waals surface area contributed by atoms with Crippen LogP contribution in [0.2, 0.25) is 0 Å². The zero-order valence-corrected chi connectivity index (χ0v) is 20.4. The van der Waals surface area contributed by atoms with Crippen molar-refractivity contribution in [1.82, 2.24) is 9.55 Å². The lowest BCUT2D eigenvalue weighted by Crippen LogP contribution is -2.24. The van der Waals surface area contributed by atoms with Crippen molar-refractivity contribution in [1.29, 1.82) is 0 Å². The van der Waals surface area contributed by atoms with E-state index in [1.807, 2.05) is 49.4 Å². The molecule has 0 bridgehead atoms. The quantitative estimate of drug-likeness (QED) is 0.329. The lowest BCUT2D eigenvalue weighted by Gasteiger charge is -2.21. The molecule has 37 heavy (non-hydrogen) atoms. The number of aryl methyl sites for hydroxylation is 1. The third kappa shape index (κ3) is 5.00. The van der Waals surface area contributed by atoms with Crippen LogP contribution < -0.4 is 5.56 Å². The second-order valence-electron chi connectivity index (χ2n) is 9.38. The van der Waals surface area contributed by atoms with Crippen LogP contribution in [0, 0.1) is 5.82 Å². The molecule has 5 rings (SSSR count). The molecule has 7 nitrogen and oxygen atoms in total. The minimum Gasteiger partial charge on any atom is -0.481 e. The van der Waals surface area contributed by atoms with E-state index >= 15 is 0 Å². The number of carbonyl (C=O) groups is 1. The lowest BCUT2D eigenvalue weighted by atomic mass is 9.89. The van der Waals surface area contributed by atoms with Gasteiger partial charge in [0.15, 0.2) is 5.60 Å². The molecule has 1 aliphatic heterocycles. The Balaban J connectivity index is 1.52. The Kier molecular flexibility index (Phi) is 6.56. The van der Waals surface area contributed by atoms with Gasteiger partial charge in [-0.2, -0.15) is 0 Å². The van der Waals surface area contributed by atoms with Crippen LogP contribution in [0.15, 0.2) is 82.7 Å². The number of fused-ring (bicyclic) bond motifs is 1. The van der Waals surface area contributed by atoms with Crippen molar-refractivity contribution in [2.24, 2.45) is 5.16 Å². The molecule has 0 saturated heterocycles. The van der Waals surface area contributed by atoms with E-state index in [0.29, 0.717) is 48.1 Å². The van der Waals surface area contributed by atoms with Gasteiger partial charge in [-0.05, 0) is 61.7 Å². The topological polar surface area (TPSA) is 93.8 Å². The summed E-state index contributed by atoms with van der Waals surface area (Å²) in [6, 6.07) is 21.0. The van der Waals surface area contributed by atoms with Crippen molar-refractivity contribution in [3.8, 4) is 5.69 Å². The van der Waals surface area contributed by atoms with Crippen molar-refractivity contribution < 1.29 is 19.1 Å². The van der Waals surface area contributed by atoms with Gasteiger partial charge >= 0.3 is 5.97 Å². The van der Waals surface area contributed by atoms with Gasteiger partial charge in [0.1, 0.15) is 11.6 Å². The molecule has 1 atom stereocenters. The number of rotatable bonds is 8. The van der Waals surface area contributed by atoms with Gasteiger partial charge in [0.05, 0.1) is 22.3 Å². The third-order valence-corrected chi connectivity index (χ3v) is 6.64. The first-order chi connectivity index (χ1) is 17.8. The third-order valence-electron chi connectivity index (χ3n) is 6.64. The first-order valence-electron chi connectivity index (χ1n) is 12.2. The number of aromatic nitrogens is 2. The molecule has 188 valence electrons. The first kappa shape index (κ1) is 24.4. The van der Waals surface area contributed by atoms with Crippen molar-refractivity contribution in [2.45, 2.75) is 44.6 Å². The Morgan fingerprint density at radius 1 is 1.08 bits per heavy atom. The molecule has 1 aromatic heterocycles. The summed E-state index contributed by atoms with van der Waals surface area (Å²) in [5.74, 6) is -0.778. The molecular formula is C29H26FN3O4. The molecule has 0 unspecified atom stereocenters. The smallest absolute Gasteiger partial charge is 0.303 e. The Hall–Kier alpha value is -4.33. The highest BCUT2D eigenvalue weighted by Crippen LogP contribution is 2.36. The molecule has 0 fully saturated rings. The van der Waals surface area contributed by atoms with E-state index in [1.54, 1.807) is 6.07 Å². The Bertz CT molecular complexity index is 1550. The molecule has 1 N–H and O–H groups in total. The van der Waals surface area contributed by atoms with Gasteiger partial charge in [-0.25, -0.2) is 9.37 Å². The molecular weight excluding hydrogens is 473 g/mol. The summed E-state index contributed by atoms with van der Waals surface area (Å²) in [5.41, 5.74) is 2.78. The van der Waals surface area contributed by atoms with Crippen molar-refractivity contribution in [3.05, 3.63) is 106 Å². The molecule has 8 heteroatoms. The van der Waals surface area contributed by atoms with Crippen LogP contribution in [-0.2, 0) is 21.7 Å². The molecule has 1 aliphatic rings. The maximum Gasteiger partial charge on any atom is 0.303 e. The standard InChI is InChI=1S/C29H26FN3O4/c1-29(20-7-3-2-4-8-20)18-25(32-37-29)19-11-16-23-24(17-19)31-26(9-5-6-10-27(34)35)33(28(23)36)22-14-12-21(30)13-15-22/h2-4,7-8,11-17H,5-6,9-10,18H2,1H3,(H,34,35)/t29-/m0/s1. The maximum atomic E-state index is 13.6. The number of hydrogen-bond donors (Lipinski definition) is 1. The summed E-state index contributed by atoms with van der Waals surface area (Å²) < 4.78 is 15.0. The number of carboxylic acid groups (broad SMARTS) is 1. The Labute approximate surface area is 212 Å². The van der Waals surface area contributed by atoms with Gasteiger partial charge in [0.2, 0.25) is 0 Å². The number of hydrogen-bond acceptors (Lipinski definition) is 5. The Morgan fingerprint density at radius 2 is 1.84 bits per heavy atom. The summed E-state index contributed by atoms with van der Waals surface area (Å²) in [4.78, 5) is 35.2. The highest BCUT2D eigenvalue weighted by Gasteiger charge is 2.36. The molecule has 3 aromatic carbocycles. The molecule has 0 amide bonds. The van der Waals surface area contributed by atoms with Crippen molar-refractivity contribution in [3.63, 3.8) is 0 Å². The van der Waals surface area contributed by atoms with Crippen LogP contribution >= 0.6 is 0 Å². The zero-order chi connectivity index (χ0) is 26.0. The van der Waals surface area contributed by atoms with E-state index in [1.165, 1.54) is 28.8 Å². The van der Waals surface area contributed by atoms with Crippen LogP contribution in [0.25, 0.3) is 16.6 Å². The van der Waals surface area contributed by atoms with Crippen molar-refractivity contribution >= 4 is 22.6 Å². The van der Waals surface area contributed by atoms with E-state index in [-0.39, 0.29) is 12.0 Å². The molecule has 0 aliphatic carbocycles. The van der Waals surface area contributed by atoms with Gasteiger partial charge in [-0.1, -0.05) is 41.6 Å². The number of carboxylic acids is 1. The van der Waals surface area contributed by atoms with E-state index in [4.69, 9.17) is 14.9 Å². The lowest BCUT2D eigenvalue weighted by molar-refractivity contribution is -0.137. The second kappa shape index (κ2) is 9.97. The summed E-state index contributed by atoms with van der Waals surface area (Å²) in [6.45, 7) is 1.99. The normalized spacial score (nSPS) is 17.0. The predicted molar refractivity (Wildman–Crippen MR) is 139 cm³/mol. The molecule has 0 saturated carbocycles. The Morgan fingerprint density at radius 3 is 2.57 bits per heavy atom. The predicted octanol–water partition coefficient (Wildman–Crippen LogP) is 5.36.